The Balaban J connectivity index is 2.93. The molecule has 0 aliphatic heterocycles. The highest BCUT2D eigenvalue weighted by molar-refractivity contribution is 7.91. The predicted octanol–water partition coefficient (Wildman–Crippen LogP) is 0.127. The van der Waals surface area contributed by atoms with Crippen molar-refractivity contribution in [2.45, 2.75) is 5.75 Å². The summed E-state index contributed by atoms with van der Waals surface area (Å²) >= 11 is 4.89. The van der Waals surface area contributed by atoms with Gasteiger partial charge in [0.2, 0.25) is 10.0 Å². The molecule has 6 nitrogen and oxygen atoms in total. The maximum atomic E-state index is 12.2. The molecule has 0 amide bonds. The fraction of sp³-hybridized carbons (Fsp3) is 0.417. The van der Waals surface area contributed by atoms with Crippen LogP contribution in [0.2, 0.25) is 0 Å². The summed E-state index contributed by atoms with van der Waals surface area (Å²) in [6, 6.07) is 6.71. The van der Waals surface area contributed by atoms with E-state index in [9.17, 15) is 16.8 Å². The van der Waals surface area contributed by atoms with Gasteiger partial charge in [-0.05, 0) is 5.56 Å². The largest absolute Gasteiger partial charge is 0.389 e. The minimum atomic E-state index is -3.64. The van der Waals surface area contributed by atoms with E-state index in [0.29, 0.717) is 11.1 Å². The van der Waals surface area contributed by atoms with Gasteiger partial charge in [0.1, 0.15) is 14.8 Å². The second-order valence-electron chi connectivity index (χ2n) is 4.73. The average molecular weight is 350 g/mol. The number of nitrogens with two attached hydrogens (primary N) is 1. The van der Waals surface area contributed by atoms with Gasteiger partial charge in [0.15, 0.2) is 0 Å². The second kappa shape index (κ2) is 6.82. The summed E-state index contributed by atoms with van der Waals surface area (Å²) in [5.41, 5.74) is 6.57. The van der Waals surface area contributed by atoms with E-state index >= 15 is 0 Å². The van der Waals surface area contributed by atoms with Crippen molar-refractivity contribution in [3.05, 3.63) is 35.4 Å². The molecule has 0 atom stereocenters. The van der Waals surface area contributed by atoms with E-state index in [-0.39, 0.29) is 23.0 Å². The predicted molar refractivity (Wildman–Crippen MR) is 87.3 cm³/mol. The van der Waals surface area contributed by atoms with Gasteiger partial charge < -0.3 is 5.73 Å². The quantitative estimate of drug-likeness (QED) is 0.702. The number of sulfonamides is 1. The molecule has 0 fully saturated rings. The Morgan fingerprint density at radius 1 is 1.24 bits per heavy atom. The molecule has 2 N–H and O–H groups in total. The van der Waals surface area contributed by atoms with Crippen molar-refractivity contribution < 1.29 is 16.8 Å². The summed E-state index contributed by atoms with van der Waals surface area (Å²) in [5, 5.41) is 0. The van der Waals surface area contributed by atoms with Crippen LogP contribution in [-0.4, -0.2) is 51.7 Å². The maximum Gasteiger partial charge on any atom is 0.218 e. The van der Waals surface area contributed by atoms with Crippen LogP contribution in [0.25, 0.3) is 0 Å². The highest BCUT2D eigenvalue weighted by Crippen LogP contribution is 2.14. The molecule has 1 aromatic carbocycles. The van der Waals surface area contributed by atoms with Crippen LogP contribution in [0.4, 0.5) is 0 Å². The first kappa shape index (κ1) is 18.0. The zero-order valence-corrected chi connectivity index (χ0v) is 14.3. The maximum absolute atomic E-state index is 12.2. The first-order chi connectivity index (χ1) is 9.53. The molecule has 0 unspecified atom stereocenters. The van der Waals surface area contributed by atoms with Gasteiger partial charge >= 0.3 is 0 Å². The van der Waals surface area contributed by atoms with Crippen molar-refractivity contribution in [1.82, 2.24) is 4.31 Å². The van der Waals surface area contributed by atoms with E-state index in [2.05, 4.69) is 0 Å². The Morgan fingerprint density at radius 2 is 1.81 bits per heavy atom. The zero-order chi connectivity index (χ0) is 16.3. The van der Waals surface area contributed by atoms with E-state index in [0.717, 1.165) is 10.6 Å². The number of hydrogen-bond donors (Lipinski definition) is 1. The van der Waals surface area contributed by atoms with Gasteiger partial charge in [0.05, 0.1) is 11.5 Å². The van der Waals surface area contributed by atoms with Crippen LogP contribution in [-0.2, 0) is 25.6 Å². The molecular weight excluding hydrogens is 332 g/mol. The third-order valence-corrected chi connectivity index (χ3v) is 5.82. The minimum Gasteiger partial charge on any atom is -0.389 e. The van der Waals surface area contributed by atoms with E-state index in [1.54, 1.807) is 24.3 Å². The SMILES string of the molecule is CN(CCS(C)(=O)=O)S(=O)(=O)Cc1ccccc1C(N)=S. The van der Waals surface area contributed by atoms with E-state index in [1.807, 2.05) is 0 Å². The molecule has 0 aliphatic carbocycles. The van der Waals surface area contributed by atoms with Crippen molar-refractivity contribution >= 4 is 37.1 Å². The second-order valence-corrected chi connectivity index (χ2v) is 9.50. The highest BCUT2D eigenvalue weighted by atomic mass is 32.2. The van der Waals surface area contributed by atoms with Crippen LogP contribution in [0.15, 0.2) is 24.3 Å². The molecule has 0 aliphatic rings. The van der Waals surface area contributed by atoms with Gasteiger partial charge in [-0.15, -0.1) is 0 Å². The lowest BCUT2D eigenvalue weighted by Gasteiger charge is -2.17. The molecule has 0 heterocycles. The summed E-state index contributed by atoms with van der Waals surface area (Å²) in [6.07, 6.45) is 1.07. The molecule has 0 saturated carbocycles. The Labute approximate surface area is 130 Å². The number of thiocarbonyl (C=S) groups is 1. The molecule has 9 heteroatoms. The summed E-state index contributed by atoms with van der Waals surface area (Å²) in [7, 11) is -5.51. The monoisotopic (exact) mass is 350 g/mol. The molecule has 1 aromatic rings. The normalized spacial score (nSPS) is 12.5. The molecule has 0 bridgehead atoms. The summed E-state index contributed by atoms with van der Waals surface area (Å²) < 4.78 is 47.7. The highest BCUT2D eigenvalue weighted by Gasteiger charge is 2.21. The van der Waals surface area contributed by atoms with Crippen LogP contribution in [0.3, 0.4) is 0 Å². The lowest BCUT2D eigenvalue weighted by Crippen LogP contribution is -2.32. The van der Waals surface area contributed by atoms with Crippen LogP contribution >= 0.6 is 12.2 Å². The Bertz CT molecular complexity index is 727. The topological polar surface area (TPSA) is 97.5 Å². The van der Waals surface area contributed by atoms with Crippen LogP contribution in [0.1, 0.15) is 11.1 Å². The van der Waals surface area contributed by atoms with Crippen molar-refractivity contribution in [2.24, 2.45) is 5.73 Å². The first-order valence-corrected chi connectivity index (χ1v) is 10.1. The van der Waals surface area contributed by atoms with Gasteiger partial charge in [0, 0.05) is 25.4 Å². The van der Waals surface area contributed by atoms with Crippen LogP contribution in [0, 0.1) is 0 Å². The molecule has 0 aromatic heterocycles. The van der Waals surface area contributed by atoms with Crippen molar-refractivity contribution in [3.63, 3.8) is 0 Å². The Hall–Kier alpha value is -1.03. The smallest absolute Gasteiger partial charge is 0.218 e. The number of nitrogens with zero attached hydrogens (tertiary/aromatic N) is 1. The average Bonchev–Trinajstić information content (AvgIpc) is 2.34. The van der Waals surface area contributed by atoms with Crippen LogP contribution < -0.4 is 5.73 Å². The lowest BCUT2D eigenvalue weighted by molar-refractivity contribution is 0.484. The number of benzene rings is 1. The van der Waals surface area contributed by atoms with Crippen LogP contribution in [0.5, 0.6) is 0 Å². The number of hydrogen-bond acceptors (Lipinski definition) is 5. The van der Waals surface area contributed by atoms with Crippen molar-refractivity contribution in [1.29, 1.82) is 0 Å². The zero-order valence-electron chi connectivity index (χ0n) is 11.8. The van der Waals surface area contributed by atoms with Gasteiger partial charge in [-0.3, -0.25) is 0 Å². The van der Waals surface area contributed by atoms with Gasteiger partial charge in [-0.2, -0.15) is 0 Å². The fourth-order valence-corrected chi connectivity index (χ4v) is 3.78. The first-order valence-electron chi connectivity index (χ1n) is 6.02. The minimum absolute atomic E-state index is 0.0869. The van der Waals surface area contributed by atoms with Gasteiger partial charge in [0.25, 0.3) is 0 Å². The number of rotatable bonds is 7. The molecule has 21 heavy (non-hydrogen) atoms. The third-order valence-electron chi connectivity index (χ3n) is 2.87. The molecular formula is C12H18N2O4S3. The molecule has 0 radical (unpaired) electrons. The summed E-state index contributed by atoms with van der Waals surface area (Å²) in [5.74, 6) is -0.500. The van der Waals surface area contributed by atoms with E-state index < -0.39 is 19.9 Å². The lowest BCUT2D eigenvalue weighted by atomic mass is 10.1. The standard InChI is InChI=1S/C12H18N2O4S3/c1-14(7-8-20(2,15)16)21(17,18)9-10-5-3-4-6-11(10)12(13)19/h3-6H,7-9H2,1-2H3,(H2,13,19). The van der Waals surface area contributed by atoms with Gasteiger partial charge in [-0.25, -0.2) is 21.1 Å². The molecule has 118 valence electrons. The van der Waals surface area contributed by atoms with E-state index in [4.69, 9.17) is 18.0 Å². The summed E-state index contributed by atoms with van der Waals surface area (Å²) in [6.45, 7) is -0.0869. The molecule has 0 saturated heterocycles. The van der Waals surface area contributed by atoms with Crippen molar-refractivity contribution in [2.75, 3.05) is 25.6 Å². The molecule has 0 spiro atoms. The Morgan fingerprint density at radius 3 is 2.33 bits per heavy atom. The summed E-state index contributed by atoms with van der Waals surface area (Å²) in [4.78, 5) is 0.125. The fourth-order valence-electron chi connectivity index (χ4n) is 1.63. The van der Waals surface area contributed by atoms with E-state index in [1.165, 1.54) is 7.05 Å². The van der Waals surface area contributed by atoms with Gasteiger partial charge in [-0.1, -0.05) is 36.5 Å². The Kier molecular flexibility index (Phi) is 5.85. The number of sulfone groups is 1. The molecule has 1 rings (SSSR count). The third kappa shape index (κ3) is 5.70. The van der Waals surface area contributed by atoms with Crippen molar-refractivity contribution in [3.8, 4) is 0 Å².